The second kappa shape index (κ2) is 7.91. The van der Waals surface area contributed by atoms with E-state index in [-0.39, 0.29) is 6.10 Å². The van der Waals surface area contributed by atoms with E-state index >= 15 is 0 Å². The third-order valence-electron chi connectivity index (χ3n) is 3.31. The van der Waals surface area contributed by atoms with Gasteiger partial charge in [0.05, 0.1) is 12.2 Å². The molecule has 1 N–H and O–H groups in total. The molecule has 0 spiro atoms. The Morgan fingerprint density at radius 1 is 1.30 bits per heavy atom. The molecule has 0 aliphatic carbocycles. The largest absolute Gasteiger partial charge is 0.491 e. The number of aryl methyl sites for hydroxylation is 1. The number of benzene rings is 1. The first-order valence-electron chi connectivity index (χ1n) is 7.45. The van der Waals surface area contributed by atoms with Crippen molar-refractivity contribution in [3.05, 3.63) is 29.8 Å². The molecule has 0 radical (unpaired) electrons. The van der Waals surface area contributed by atoms with Gasteiger partial charge in [0.25, 0.3) is 0 Å². The quantitative estimate of drug-likeness (QED) is 0.786. The average molecular weight is 274 g/mol. The predicted molar refractivity (Wildman–Crippen MR) is 82.8 cm³/mol. The Kier molecular flexibility index (Phi) is 6.54. The SMILES string of the molecule is CCCc1ccc(OC(C)CC(C)(C#N)NCC)cc1. The third-order valence-corrected chi connectivity index (χ3v) is 3.31. The number of hydrogen-bond donors (Lipinski definition) is 1. The van der Waals surface area contributed by atoms with Gasteiger partial charge in [0.1, 0.15) is 11.3 Å². The van der Waals surface area contributed by atoms with E-state index < -0.39 is 5.54 Å². The van der Waals surface area contributed by atoms with Crippen molar-refractivity contribution in [3.8, 4) is 11.8 Å². The van der Waals surface area contributed by atoms with Crippen LogP contribution in [0.3, 0.4) is 0 Å². The normalized spacial score (nSPS) is 15.2. The Balaban J connectivity index is 2.57. The molecule has 1 rings (SSSR count). The van der Waals surface area contributed by atoms with Crippen molar-refractivity contribution in [1.29, 1.82) is 5.26 Å². The zero-order chi connectivity index (χ0) is 15.0. The van der Waals surface area contributed by atoms with Crippen molar-refractivity contribution in [2.24, 2.45) is 0 Å². The molecule has 110 valence electrons. The Morgan fingerprint density at radius 2 is 1.95 bits per heavy atom. The standard InChI is InChI=1S/C17H26N2O/c1-5-7-15-8-10-16(11-9-15)20-14(3)12-17(4,13-18)19-6-2/h8-11,14,19H,5-7,12H2,1-4H3. The summed E-state index contributed by atoms with van der Waals surface area (Å²) < 4.78 is 5.90. The predicted octanol–water partition coefficient (Wildman–Crippen LogP) is 3.69. The van der Waals surface area contributed by atoms with E-state index in [0.29, 0.717) is 6.42 Å². The van der Waals surface area contributed by atoms with Crippen molar-refractivity contribution in [2.45, 2.75) is 58.6 Å². The molecule has 3 nitrogen and oxygen atoms in total. The van der Waals surface area contributed by atoms with Gasteiger partial charge in [-0.15, -0.1) is 0 Å². The lowest BCUT2D eigenvalue weighted by atomic mass is 9.96. The second-order valence-corrected chi connectivity index (χ2v) is 5.50. The van der Waals surface area contributed by atoms with E-state index in [1.807, 2.05) is 32.9 Å². The second-order valence-electron chi connectivity index (χ2n) is 5.50. The molecular weight excluding hydrogens is 248 g/mol. The van der Waals surface area contributed by atoms with Crippen LogP contribution in [-0.2, 0) is 6.42 Å². The van der Waals surface area contributed by atoms with Crippen LogP contribution in [0.5, 0.6) is 5.75 Å². The molecule has 3 heteroatoms. The van der Waals surface area contributed by atoms with Crippen molar-refractivity contribution in [3.63, 3.8) is 0 Å². The van der Waals surface area contributed by atoms with E-state index in [9.17, 15) is 5.26 Å². The summed E-state index contributed by atoms with van der Waals surface area (Å²) in [4.78, 5) is 0. The van der Waals surface area contributed by atoms with Gasteiger partial charge in [0.2, 0.25) is 0 Å². The van der Waals surface area contributed by atoms with Crippen LogP contribution in [0.4, 0.5) is 0 Å². The molecule has 0 bridgehead atoms. The summed E-state index contributed by atoms with van der Waals surface area (Å²) >= 11 is 0. The highest BCUT2D eigenvalue weighted by Gasteiger charge is 2.26. The Hall–Kier alpha value is -1.53. The smallest absolute Gasteiger partial charge is 0.119 e. The summed E-state index contributed by atoms with van der Waals surface area (Å²) in [5.74, 6) is 0.870. The summed E-state index contributed by atoms with van der Waals surface area (Å²) in [5, 5.41) is 12.5. The monoisotopic (exact) mass is 274 g/mol. The summed E-state index contributed by atoms with van der Waals surface area (Å²) in [6.45, 7) is 8.89. The number of ether oxygens (including phenoxy) is 1. The van der Waals surface area contributed by atoms with Crippen LogP contribution in [0.15, 0.2) is 24.3 Å². The maximum Gasteiger partial charge on any atom is 0.119 e. The van der Waals surface area contributed by atoms with Gasteiger partial charge in [0.15, 0.2) is 0 Å². The van der Waals surface area contributed by atoms with E-state index in [1.54, 1.807) is 0 Å². The number of nitrogens with one attached hydrogen (secondary N) is 1. The lowest BCUT2D eigenvalue weighted by Gasteiger charge is -2.26. The van der Waals surface area contributed by atoms with Crippen molar-refractivity contribution in [1.82, 2.24) is 5.32 Å². The van der Waals surface area contributed by atoms with Gasteiger partial charge in [-0.25, -0.2) is 0 Å². The van der Waals surface area contributed by atoms with E-state index in [2.05, 4.69) is 30.4 Å². The van der Waals surface area contributed by atoms with Gasteiger partial charge in [-0.1, -0.05) is 32.4 Å². The lowest BCUT2D eigenvalue weighted by molar-refractivity contribution is 0.180. The van der Waals surface area contributed by atoms with Crippen LogP contribution < -0.4 is 10.1 Å². The van der Waals surface area contributed by atoms with Crippen LogP contribution in [0.1, 0.15) is 46.1 Å². The molecule has 0 saturated heterocycles. The molecule has 0 saturated carbocycles. The fourth-order valence-electron chi connectivity index (χ4n) is 2.42. The summed E-state index contributed by atoms with van der Waals surface area (Å²) in [6.07, 6.45) is 2.91. The van der Waals surface area contributed by atoms with Crippen molar-refractivity contribution < 1.29 is 4.74 Å². The van der Waals surface area contributed by atoms with Crippen LogP contribution in [0.25, 0.3) is 0 Å². The average Bonchev–Trinajstić information content (AvgIpc) is 2.41. The fourth-order valence-corrected chi connectivity index (χ4v) is 2.42. The van der Waals surface area contributed by atoms with Gasteiger partial charge >= 0.3 is 0 Å². The number of nitrogens with zero attached hydrogens (tertiary/aromatic N) is 1. The third kappa shape index (κ3) is 5.22. The van der Waals surface area contributed by atoms with Crippen LogP contribution in [0, 0.1) is 11.3 Å². The molecule has 0 fully saturated rings. The zero-order valence-corrected chi connectivity index (χ0v) is 13.1. The lowest BCUT2D eigenvalue weighted by Crippen LogP contribution is -2.44. The highest BCUT2D eigenvalue weighted by Crippen LogP contribution is 2.19. The molecule has 0 aromatic heterocycles. The highest BCUT2D eigenvalue weighted by molar-refractivity contribution is 5.27. The van der Waals surface area contributed by atoms with Crippen molar-refractivity contribution >= 4 is 0 Å². The van der Waals surface area contributed by atoms with E-state index in [4.69, 9.17) is 4.74 Å². The zero-order valence-electron chi connectivity index (χ0n) is 13.1. The van der Waals surface area contributed by atoms with Gasteiger partial charge < -0.3 is 4.74 Å². The van der Waals surface area contributed by atoms with Crippen LogP contribution in [-0.4, -0.2) is 18.2 Å². The fraction of sp³-hybridized carbons (Fsp3) is 0.588. The molecule has 2 atom stereocenters. The first-order valence-corrected chi connectivity index (χ1v) is 7.45. The molecule has 0 aliphatic rings. The minimum absolute atomic E-state index is 0.00396. The number of nitriles is 1. The maximum atomic E-state index is 9.26. The minimum Gasteiger partial charge on any atom is -0.491 e. The number of rotatable bonds is 8. The molecule has 0 amide bonds. The molecule has 0 heterocycles. The summed E-state index contributed by atoms with van der Waals surface area (Å²) in [6, 6.07) is 10.6. The summed E-state index contributed by atoms with van der Waals surface area (Å²) in [7, 11) is 0. The Labute approximate surface area is 123 Å². The highest BCUT2D eigenvalue weighted by atomic mass is 16.5. The van der Waals surface area contributed by atoms with Gasteiger partial charge in [0, 0.05) is 6.42 Å². The maximum absolute atomic E-state index is 9.26. The molecular formula is C17H26N2O. The summed E-state index contributed by atoms with van der Waals surface area (Å²) in [5.41, 5.74) is 0.804. The Morgan fingerprint density at radius 3 is 2.45 bits per heavy atom. The minimum atomic E-state index is -0.531. The molecule has 2 unspecified atom stereocenters. The topological polar surface area (TPSA) is 45.0 Å². The number of hydrogen-bond acceptors (Lipinski definition) is 3. The van der Waals surface area contributed by atoms with Gasteiger partial charge in [-0.05, 0) is 44.5 Å². The molecule has 20 heavy (non-hydrogen) atoms. The van der Waals surface area contributed by atoms with E-state index in [1.165, 1.54) is 5.56 Å². The van der Waals surface area contributed by atoms with Gasteiger partial charge in [-0.2, -0.15) is 5.26 Å². The first-order chi connectivity index (χ1) is 9.53. The van der Waals surface area contributed by atoms with Crippen molar-refractivity contribution in [2.75, 3.05) is 6.54 Å². The van der Waals surface area contributed by atoms with Crippen LogP contribution >= 0.6 is 0 Å². The molecule has 1 aromatic carbocycles. The van der Waals surface area contributed by atoms with E-state index in [0.717, 1.165) is 25.1 Å². The van der Waals surface area contributed by atoms with Gasteiger partial charge in [-0.3, -0.25) is 5.32 Å². The first kappa shape index (κ1) is 16.5. The Bertz CT molecular complexity index is 435. The molecule has 0 aliphatic heterocycles. The van der Waals surface area contributed by atoms with Crippen LogP contribution in [0.2, 0.25) is 0 Å². The molecule has 1 aromatic rings.